The molecule has 1 fully saturated rings. The Morgan fingerprint density at radius 3 is 2.53 bits per heavy atom. The highest BCUT2D eigenvalue weighted by molar-refractivity contribution is 5.92. The van der Waals surface area contributed by atoms with Crippen LogP contribution in [0.4, 0.5) is 0 Å². The fraction of sp³-hybridized carbons (Fsp3) is 0.692. The van der Waals surface area contributed by atoms with Gasteiger partial charge in [0.05, 0.1) is 5.69 Å². The Balaban J connectivity index is 2.15. The largest absolute Gasteiger partial charge is 0.438 e. The predicted molar refractivity (Wildman–Crippen MR) is 65.0 cm³/mol. The molecule has 1 aromatic rings. The highest BCUT2D eigenvalue weighted by atomic mass is 16.3. The number of nitrogens with zero attached hydrogens (tertiary/aromatic N) is 2. The van der Waals surface area contributed by atoms with Gasteiger partial charge >= 0.3 is 0 Å². The molecule has 0 atom stereocenters. The van der Waals surface area contributed by atoms with E-state index in [4.69, 9.17) is 4.42 Å². The van der Waals surface area contributed by atoms with Gasteiger partial charge in [-0.1, -0.05) is 26.7 Å². The Labute approximate surface area is 102 Å². The quantitative estimate of drug-likeness (QED) is 0.793. The van der Waals surface area contributed by atoms with Crippen molar-refractivity contribution >= 4 is 5.91 Å². The second-order valence-electron chi connectivity index (χ2n) is 4.93. The SMILES string of the molecule is CC(C)c1ncoc1C(=O)N1CCCCCC1. The van der Waals surface area contributed by atoms with Crippen LogP contribution in [0.25, 0.3) is 0 Å². The Morgan fingerprint density at radius 2 is 1.94 bits per heavy atom. The molecule has 1 aliphatic heterocycles. The topological polar surface area (TPSA) is 46.3 Å². The molecule has 2 rings (SSSR count). The molecule has 2 heterocycles. The van der Waals surface area contributed by atoms with Gasteiger partial charge in [-0.2, -0.15) is 0 Å². The zero-order valence-electron chi connectivity index (χ0n) is 10.6. The van der Waals surface area contributed by atoms with E-state index in [1.165, 1.54) is 19.2 Å². The summed E-state index contributed by atoms with van der Waals surface area (Å²) in [6.07, 6.45) is 6.00. The summed E-state index contributed by atoms with van der Waals surface area (Å²) in [6.45, 7) is 5.74. The van der Waals surface area contributed by atoms with E-state index < -0.39 is 0 Å². The number of carbonyl (C=O) groups is 1. The maximum atomic E-state index is 12.3. The number of hydrogen-bond acceptors (Lipinski definition) is 3. The molecule has 0 bridgehead atoms. The molecule has 0 spiro atoms. The van der Waals surface area contributed by atoms with Crippen LogP contribution in [0, 0.1) is 0 Å². The summed E-state index contributed by atoms with van der Waals surface area (Å²) in [5, 5.41) is 0. The third kappa shape index (κ3) is 2.68. The van der Waals surface area contributed by atoms with Crippen LogP contribution < -0.4 is 0 Å². The van der Waals surface area contributed by atoms with E-state index in [1.54, 1.807) is 0 Å². The third-order valence-corrected chi connectivity index (χ3v) is 3.23. The Morgan fingerprint density at radius 1 is 1.29 bits per heavy atom. The number of hydrogen-bond donors (Lipinski definition) is 0. The zero-order chi connectivity index (χ0) is 12.3. The first-order chi connectivity index (χ1) is 8.20. The van der Waals surface area contributed by atoms with Crippen LogP contribution in [0.5, 0.6) is 0 Å². The van der Waals surface area contributed by atoms with Crippen molar-refractivity contribution in [1.29, 1.82) is 0 Å². The fourth-order valence-electron chi connectivity index (χ4n) is 2.24. The van der Waals surface area contributed by atoms with Gasteiger partial charge in [0.2, 0.25) is 5.76 Å². The van der Waals surface area contributed by atoms with E-state index in [2.05, 4.69) is 4.98 Å². The second-order valence-corrected chi connectivity index (χ2v) is 4.93. The lowest BCUT2D eigenvalue weighted by Crippen LogP contribution is -2.32. The van der Waals surface area contributed by atoms with Crippen molar-refractivity contribution in [3.8, 4) is 0 Å². The van der Waals surface area contributed by atoms with Crippen molar-refractivity contribution in [3.05, 3.63) is 17.8 Å². The van der Waals surface area contributed by atoms with Gasteiger partial charge in [-0.25, -0.2) is 4.98 Å². The van der Waals surface area contributed by atoms with Crippen molar-refractivity contribution in [2.45, 2.75) is 45.4 Å². The van der Waals surface area contributed by atoms with Crippen LogP contribution in [0.1, 0.15) is 61.7 Å². The summed E-state index contributed by atoms with van der Waals surface area (Å²) < 4.78 is 5.28. The van der Waals surface area contributed by atoms with E-state index in [9.17, 15) is 4.79 Å². The van der Waals surface area contributed by atoms with Gasteiger partial charge in [-0.05, 0) is 18.8 Å². The van der Waals surface area contributed by atoms with Crippen LogP contribution in [-0.2, 0) is 0 Å². The van der Waals surface area contributed by atoms with Gasteiger partial charge in [-0.15, -0.1) is 0 Å². The van der Waals surface area contributed by atoms with Crippen LogP contribution >= 0.6 is 0 Å². The Hall–Kier alpha value is -1.32. The molecule has 0 radical (unpaired) electrons. The molecule has 0 aromatic carbocycles. The average Bonchev–Trinajstić information content (AvgIpc) is 2.64. The lowest BCUT2D eigenvalue weighted by molar-refractivity contribution is 0.0727. The molecule has 0 saturated carbocycles. The molecule has 0 unspecified atom stereocenters. The lowest BCUT2D eigenvalue weighted by atomic mass is 10.1. The summed E-state index contributed by atoms with van der Waals surface area (Å²) in [4.78, 5) is 18.4. The number of rotatable bonds is 2. The molecule has 1 amide bonds. The van der Waals surface area contributed by atoms with Crippen LogP contribution in [0.2, 0.25) is 0 Å². The first-order valence-electron chi connectivity index (χ1n) is 6.43. The molecule has 0 N–H and O–H groups in total. The minimum Gasteiger partial charge on any atom is -0.438 e. The van der Waals surface area contributed by atoms with E-state index in [1.807, 2.05) is 18.7 Å². The second kappa shape index (κ2) is 5.34. The van der Waals surface area contributed by atoms with Gasteiger partial charge in [0, 0.05) is 13.1 Å². The summed E-state index contributed by atoms with van der Waals surface area (Å²) in [6, 6.07) is 0. The third-order valence-electron chi connectivity index (χ3n) is 3.23. The number of carbonyl (C=O) groups excluding carboxylic acids is 1. The van der Waals surface area contributed by atoms with Gasteiger partial charge in [0.1, 0.15) is 0 Å². The van der Waals surface area contributed by atoms with E-state index >= 15 is 0 Å². The molecule has 1 saturated heterocycles. The first-order valence-corrected chi connectivity index (χ1v) is 6.43. The Bertz CT molecular complexity index is 377. The standard InChI is InChI=1S/C13H20N2O2/c1-10(2)11-12(17-9-14-11)13(16)15-7-5-3-4-6-8-15/h9-10H,3-8H2,1-2H3. The highest BCUT2D eigenvalue weighted by Crippen LogP contribution is 2.20. The summed E-state index contributed by atoms with van der Waals surface area (Å²) in [5.74, 6) is 0.662. The summed E-state index contributed by atoms with van der Waals surface area (Å²) in [5.41, 5.74) is 0.777. The van der Waals surface area contributed by atoms with Gasteiger partial charge in [-0.3, -0.25) is 4.79 Å². The molecule has 0 aliphatic carbocycles. The fourth-order valence-corrected chi connectivity index (χ4v) is 2.24. The van der Waals surface area contributed by atoms with Crippen LogP contribution in [0.3, 0.4) is 0 Å². The number of amides is 1. The van der Waals surface area contributed by atoms with Gasteiger partial charge in [0.25, 0.3) is 5.91 Å². The average molecular weight is 236 g/mol. The van der Waals surface area contributed by atoms with E-state index in [-0.39, 0.29) is 11.8 Å². The maximum absolute atomic E-state index is 12.3. The van der Waals surface area contributed by atoms with Crippen molar-refractivity contribution in [1.82, 2.24) is 9.88 Å². The monoisotopic (exact) mass is 236 g/mol. The summed E-state index contributed by atoms with van der Waals surface area (Å²) >= 11 is 0. The molecule has 1 aromatic heterocycles. The molecule has 1 aliphatic rings. The van der Waals surface area contributed by atoms with E-state index in [0.717, 1.165) is 31.6 Å². The van der Waals surface area contributed by atoms with Crippen LogP contribution in [0.15, 0.2) is 10.8 Å². The normalized spacial score (nSPS) is 17.2. The smallest absolute Gasteiger partial charge is 0.291 e. The molecule has 4 nitrogen and oxygen atoms in total. The maximum Gasteiger partial charge on any atom is 0.291 e. The van der Waals surface area contributed by atoms with Crippen molar-refractivity contribution in [3.63, 3.8) is 0 Å². The number of oxazole rings is 1. The predicted octanol–water partition coefficient (Wildman–Crippen LogP) is 2.81. The number of likely N-dealkylation sites (tertiary alicyclic amines) is 1. The lowest BCUT2D eigenvalue weighted by Gasteiger charge is -2.19. The zero-order valence-corrected chi connectivity index (χ0v) is 10.6. The minimum absolute atomic E-state index is 0.00750. The molecule has 4 heteroatoms. The molecule has 17 heavy (non-hydrogen) atoms. The van der Waals surface area contributed by atoms with E-state index in [0.29, 0.717) is 5.76 Å². The molecule has 94 valence electrons. The molecular weight excluding hydrogens is 216 g/mol. The number of aromatic nitrogens is 1. The van der Waals surface area contributed by atoms with Crippen molar-refractivity contribution < 1.29 is 9.21 Å². The first kappa shape index (κ1) is 12.1. The summed E-state index contributed by atoms with van der Waals surface area (Å²) in [7, 11) is 0. The highest BCUT2D eigenvalue weighted by Gasteiger charge is 2.24. The van der Waals surface area contributed by atoms with Crippen LogP contribution in [-0.4, -0.2) is 28.9 Å². The van der Waals surface area contributed by atoms with Gasteiger partial charge in [0.15, 0.2) is 6.39 Å². The van der Waals surface area contributed by atoms with Gasteiger partial charge < -0.3 is 9.32 Å². The van der Waals surface area contributed by atoms with Crippen molar-refractivity contribution in [2.75, 3.05) is 13.1 Å². The minimum atomic E-state index is 0.00750. The molecular formula is C13H20N2O2. The Kier molecular flexibility index (Phi) is 3.82. The van der Waals surface area contributed by atoms with Crippen molar-refractivity contribution in [2.24, 2.45) is 0 Å².